The predicted octanol–water partition coefficient (Wildman–Crippen LogP) is 2.99. The lowest BCUT2D eigenvalue weighted by molar-refractivity contribution is -0.137. The molecule has 0 N–H and O–H groups in total. The highest BCUT2D eigenvalue weighted by Crippen LogP contribution is 2.31. The van der Waals surface area contributed by atoms with Crippen molar-refractivity contribution in [3.8, 4) is 11.5 Å². The van der Waals surface area contributed by atoms with Crippen LogP contribution in [0.5, 0.6) is 0 Å². The smallest absolute Gasteiger partial charge is 0.416 e. The molecule has 1 heterocycles. The van der Waals surface area contributed by atoms with E-state index in [2.05, 4.69) is 14.9 Å². The van der Waals surface area contributed by atoms with Crippen LogP contribution in [0.2, 0.25) is 0 Å². The van der Waals surface area contributed by atoms with Crippen LogP contribution in [0, 0.1) is 0 Å². The average Bonchev–Trinajstić information content (AvgIpc) is 2.88. The summed E-state index contributed by atoms with van der Waals surface area (Å²) in [4.78, 5) is 10.2. The second-order valence-corrected chi connectivity index (χ2v) is 3.90. The van der Waals surface area contributed by atoms with Crippen molar-refractivity contribution >= 4 is 6.47 Å². The molecule has 106 valence electrons. The van der Waals surface area contributed by atoms with Gasteiger partial charge in [-0.15, -0.1) is 10.2 Å². The number of hydrogen-bond acceptors (Lipinski definition) is 5. The number of carbonyl (C=O) groups is 1. The number of rotatable bonds is 4. The third-order valence-corrected chi connectivity index (χ3v) is 2.51. The summed E-state index contributed by atoms with van der Waals surface area (Å²) < 4.78 is 47.1. The summed E-state index contributed by atoms with van der Waals surface area (Å²) in [7, 11) is 0. The van der Waals surface area contributed by atoms with Crippen LogP contribution < -0.4 is 0 Å². The largest absolute Gasteiger partial charge is 0.455 e. The molecule has 1 aromatic heterocycles. The number of aromatic nitrogens is 2. The van der Waals surface area contributed by atoms with Gasteiger partial charge in [0.05, 0.1) is 5.56 Å². The molecule has 2 rings (SSSR count). The Kier molecular flexibility index (Phi) is 3.73. The van der Waals surface area contributed by atoms with Crippen molar-refractivity contribution in [3.05, 3.63) is 35.7 Å². The molecule has 1 atom stereocenters. The van der Waals surface area contributed by atoms with Crippen LogP contribution in [-0.2, 0) is 15.7 Å². The van der Waals surface area contributed by atoms with Crippen molar-refractivity contribution in [3.63, 3.8) is 0 Å². The fourth-order valence-corrected chi connectivity index (χ4v) is 1.46. The van der Waals surface area contributed by atoms with Gasteiger partial charge in [0.25, 0.3) is 12.4 Å². The van der Waals surface area contributed by atoms with E-state index in [1.807, 2.05) is 0 Å². The summed E-state index contributed by atoms with van der Waals surface area (Å²) in [5.74, 6) is 0.113. The number of halogens is 3. The third kappa shape index (κ3) is 2.95. The molecule has 0 amide bonds. The van der Waals surface area contributed by atoms with Gasteiger partial charge in [-0.2, -0.15) is 13.2 Å². The van der Waals surface area contributed by atoms with Crippen molar-refractivity contribution in [2.24, 2.45) is 0 Å². The first-order valence-electron chi connectivity index (χ1n) is 5.52. The van der Waals surface area contributed by atoms with Crippen LogP contribution in [0.4, 0.5) is 13.2 Å². The molecule has 20 heavy (non-hydrogen) atoms. The first-order valence-corrected chi connectivity index (χ1v) is 5.52. The molecule has 8 heteroatoms. The van der Waals surface area contributed by atoms with Crippen LogP contribution in [0.25, 0.3) is 11.5 Å². The van der Waals surface area contributed by atoms with Crippen LogP contribution in [0.1, 0.15) is 24.5 Å². The summed E-state index contributed by atoms with van der Waals surface area (Å²) in [6.07, 6.45) is -5.12. The molecule has 0 aliphatic heterocycles. The highest BCUT2D eigenvalue weighted by atomic mass is 19.4. The first-order chi connectivity index (χ1) is 9.41. The lowest BCUT2D eigenvalue weighted by Gasteiger charge is -2.06. The average molecular weight is 286 g/mol. The Morgan fingerprint density at radius 2 is 1.90 bits per heavy atom. The van der Waals surface area contributed by atoms with Crippen LogP contribution in [-0.4, -0.2) is 16.7 Å². The van der Waals surface area contributed by atoms with Gasteiger partial charge >= 0.3 is 6.18 Å². The Balaban J connectivity index is 2.22. The van der Waals surface area contributed by atoms with Crippen LogP contribution in [0.15, 0.2) is 28.7 Å². The highest BCUT2D eigenvalue weighted by Gasteiger charge is 2.30. The van der Waals surface area contributed by atoms with Gasteiger partial charge in [-0.25, -0.2) is 0 Å². The lowest BCUT2D eigenvalue weighted by atomic mass is 10.1. The summed E-state index contributed by atoms with van der Waals surface area (Å²) in [5, 5.41) is 7.35. The Hall–Kier alpha value is -2.38. The number of alkyl halides is 3. The highest BCUT2D eigenvalue weighted by molar-refractivity contribution is 5.53. The van der Waals surface area contributed by atoms with Crippen molar-refractivity contribution in [2.75, 3.05) is 0 Å². The van der Waals surface area contributed by atoms with E-state index in [1.165, 1.54) is 19.1 Å². The summed E-state index contributed by atoms with van der Waals surface area (Å²) >= 11 is 0. The molecular formula is C12H9F3N2O3. The maximum absolute atomic E-state index is 12.4. The molecule has 0 aliphatic rings. The number of ether oxygens (including phenoxy) is 1. The van der Waals surface area contributed by atoms with Gasteiger partial charge in [0.2, 0.25) is 5.89 Å². The molecule has 0 fully saturated rings. The zero-order valence-corrected chi connectivity index (χ0v) is 10.2. The van der Waals surface area contributed by atoms with Crippen LogP contribution in [0.3, 0.4) is 0 Å². The number of hydrogen-bond donors (Lipinski definition) is 0. The summed E-state index contributed by atoms with van der Waals surface area (Å²) in [6, 6.07) is 4.30. The van der Waals surface area contributed by atoms with E-state index < -0.39 is 17.8 Å². The topological polar surface area (TPSA) is 65.2 Å². The Bertz CT molecular complexity index is 593. The molecule has 0 saturated heterocycles. The SMILES string of the molecule is CC(OC=O)c1nnc(-c2ccc(C(F)(F)F)cc2)o1. The molecule has 0 aliphatic carbocycles. The fraction of sp³-hybridized carbons (Fsp3) is 0.250. The van der Waals surface area contributed by atoms with E-state index in [0.717, 1.165) is 12.1 Å². The van der Waals surface area contributed by atoms with E-state index in [-0.39, 0.29) is 18.3 Å². The van der Waals surface area contributed by atoms with Gasteiger partial charge < -0.3 is 9.15 Å². The predicted molar refractivity (Wildman–Crippen MR) is 60.3 cm³/mol. The second-order valence-electron chi connectivity index (χ2n) is 3.90. The Morgan fingerprint density at radius 1 is 1.25 bits per heavy atom. The minimum atomic E-state index is -4.40. The lowest BCUT2D eigenvalue weighted by Crippen LogP contribution is -2.03. The number of nitrogens with zero attached hydrogens (tertiary/aromatic N) is 2. The number of benzene rings is 1. The van der Waals surface area contributed by atoms with Gasteiger partial charge in [-0.3, -0.25) is 4.79 Å². The maximum atomic E-state index is 12.4. The van der Waals surface area contributed by atoms with E-state index in [0.29, 0.717) is 5.56 Å². The van der Waals surface area contributed by atoms with Crippen molar-refractivity contribution in [1.29, 1.82) is 0 Å². The van der Waals surface area contributed by atoms with Crippen molar-refractivity contribution < 1.29 is 27.1 Å². The van der Waals surface area contributed by atoms with Gasteiger partial charge in [0, 0.05) is 5.56 Å². The second kappa shape index (κ2) is 5.32. The minimum Gasteiger partial charge on any atom is -0.455 e. The van der Waals surface area contributed by atoms with E-state index in [1.54, 1.807) is 0 Å². The van der Waals surface area contributed by atoms with E-state index in [4.69, 9.17) is 4.42 Å². The summed E-state index contributed by atoms with van der Waals surface area (Å²) in [6.45, 7) is 1.77. The van der Waals surface area contributed by atoms with E-state index >= 15 is 0 Å². The molecule has 1 unspecified atom stereocenters. The molecule has 0 bridgehead atoms. The Morgan fingerprint density at radius 3 is 2.45 bits per heavy atom. The molecule has 0 saturated carbocycles. The standard InChI is InChI=1S/C12H9F3N2O3/c1-7(19-6-18)10-16-17-11(20-10)8-2-4-9(5-3-8)12(13,14)15/h2-7H,1H3. The maximum Gasteiger partial charge on any atom is 0.416 e. The zero-order chi connectivity index (χ0) is 14.8. The molecule has 0 radical (unpaired) electrons. The molecule has 5 nitrogen and oxygen atoms in total. The van der Waals surface area contributed by atoms with Gasteiger partial charge in [0.15, 0.2) is 6.10 Å². The normalized spacial score (nSPS) is 13.0. The van der Waals surface area contributed by atoms with Gasteiger partial charge in [0.1, 0.15) is 0 Å². The fourth-order valence-electron chi connectivity index (χ4n) is 1.46. The minimum absolute atomic E-state index is 0.0510. The zero-order valence-electron chi connectivity index (χ0n) is 10.2. The van der Waals surface area contributed by atoms with Crippen molar-refractivity contribution in [1.82, 2.24) is 10.2 Å². The quantitative estimate of drug-likeness (QED) is 0.808. The third-order valence-electron chi connectivity index (χ3n) is 2.51. The molecule has 2 aromatic rings. The molecule has 0 spiro atoms. The molecule has 1 aromatic carbocycles. The van der Waals surface area contributed by atoms with E-state index in [9.17, 15) is 18.0 Å². The number of carbonyl (C=O) groups excluding carboxylic acids is 1. The van der Waals surface area contributed by atoms with Crippen molar-refractivity contribution in [2.45, 2.75) is 19.2 Å². The monoisotopic (exact) mass is 286 g/mol. The first kappa shape index (κ1) is 14.0. The van der Waals surface area contributed by atoms with Crippen LogP contribution >= 0.6 is 0 Å². The van der Waals surface area contributed by atoms with Gasteiger partial charge in [-0.05, 0) is 31.2 Å². The molecular weight excluding hydrogens is 277 g/mol. The van der Waals surface area contributed by atoms with Gasteiger partial charge in [-0.1, -0.05) is 0 Å². The summed E-state index contributed by atoms with van der Waals surface area (Å²) in [5.41, 5.74) is -0.423. The Labute approximate surface area is 111 Å².